The highest BCUT2D eigenvalue weighted by molar-refractivity contribution is 7.90. The molecular formula is C9H20ClNO2S. The summed E-state index contributed by atoms with van der Waals surface area (Å²) < 4.78 is 24.9. The summed E-state index contributed by atoms with van der Waals surface area (Å²) in [6, 6.07) is 0. The smallest absolute Gasteiger partial charge is 0.213 e. The Balaban J connectivity index is 4.14. The second-order valence-electron chi connectivity index (χ2n) is 4.35. The van der Waals surface area contributed by atoms with E-state index in [0.29, 0.717) is 6.54 Å². The highest BCUT2D eigenvalue weighted by Gasteiger charge is 2.28. The number of alkyl halides is 1. The molecule has 0 radical (unpaired) electrons. The SMILES string of the molecule is CCCC(Cl)CNS(=O)(=O)C(C)(C)C. The highest BCUT2D eigenvalue weighted by Crippen LogP contribution is 2.13. The van der Waals surface area contributed by atoms with E-state index in [1.54, 1.807) is 20.8 Å². The van der Waals surface area contributed by atoms with Gasteiger partial charge in [-0.05, 0) is 27.2 Å². The monoisotopic (exact) mass is 241 g/mol. The lowest BCUT2D eigenvalue weighted by molar-refractivity contribution is 0.541. The Kier molecular flexibility index (Phi) is 5.41. The lowest BCUT2D eigenvalue weighted by Crippen LogP contribution is -2.41. The van der Waals surface area contributed by atoms with Gasteiger partial charge in [0.25, 0.3) is 0 Å². The number of sulfonamides is 1. The van der Waals surface area contributed by atoms with Crippen molar-refractivity contribution in [1.82, 2.24) is 4.72 Å². The van der Waals surface area contributed by atoms with Crippen LogP contribution in [-0.2, 0) is 10.0 Å². The lowest BCUT2D eigenvalue weighted by Gasteiger charge is -2.20. The van der Waals surface area contributed by atoms with Crippen LogP contribution in [0, 0.1) is 0 Å². The van der Waals surface area contributed by atoms with Crippen LogP contribution in [0.2, 0.25) is 0 Å². The normalized spacial score (nSPS) is 15.5. The maximum Gasteiger partial charge on any atom is 0.216 e. The number of hydrogen-bond donors (Lipinski definition) is 1. The van der Waals surface area contributed by atoms with E-state index in [-0.39, 0.29) is 5.38 Å². The third-order valence-electron chi connectivity index (χ3n) is 1.90. The van der Waals surface area contributed by atoms with Crippen LogP contribution in [0.5, 0.6) is 0 Å². The van der Waals surface area contributed by atoms with Crippen molar-refractivity contribution in [3.05, 3.63) is 0 Å². The highest BCUT2D eigenvalue weighted by atomic mass is 35.5. The van der Waals surface area contributed by atoms with Crippen LogP contribution in [0.4, 0.5) is 0 Å². The Morgan fingerprint density at radius 3 is 2.21 bits per heavy atom. The first-order valence-corrected chi connectivity index (χ1v) is 6.76. The van der Waals surface area contributed by atoms with Crippen molar-refractivity contribution in [3.8, 4) is 0 Å². The van der Waals surface area contributed by atoms with Crippen molar-refractivity contribution in [2.75, 3.05) is 6.54 Å². The largest absolute Gasteiger partial charge is 0.216 e. The van der Waals surface area contributed by atoms with Crippen LogP contribution in [-0.4, -0.2) is 25.1 Å². The molecule has 0 aliphatic rings. The Bertz CT molecular complexity index is 256. The van der Waals surface area contributed by atoms with Gasteiger partial charge in [-0.1, -0.05) is 13.3 Å². The molecule has 1 atom stereocenters. The Morgan fingerprint density at radius 1 is 1.36 bits per heavy atom. The minimum atomic E-state index is -3.25. The van der Waals surface area contributed by atoms with Gasteiger partial charge in [-0.2, -0.15) is 0 Å². The maximum absolute atomic E-state index is 11.6. The summed E-state index contributed by atoms with van der Waals surface area (Å²) in [7, 11) is -3.25. The number of halogens is 1. The zero-order valence-corrected chi connectivity index (χ0v) is 10.9. The summed E-state index contributed by atoms with van der Waals surface area (Å²) in [5.41, 5.74) is 0. The molecule has 0 amide bonds. The molecule has 1 N–H and O–H groups in total. The predicted molar refractivity (Wildman–Crippen MR) is 61.2 cm³/mol. The fraction of sp³-hybridized carbons (Fsp3) is 1.00. The number of nitrogens with one attached hydrogen (secondary N) is 1. The van der Waals surface area contributed by atoms with Gasteiger partial charge >= 0.3 is 0 Å². The van der Waals surface area contributed by atoms with Gasteiger partial charge in [-0.25, -0.2) is 13.1 Å². The Hall–Kier alpha value is 0.200. The summed E-state index contributed by atoms with van der Waals surface area (Å²) in [5.74, 6) is 0. The van der Waals surface area contributed by atoms with E-state index in [1.807, 2.05) is 6.92 Å². The van der Waals surface area contributed by atoms with Crippen molar-refractivity contribution in [2.45, 2.75) is 50.7 Å². The second-order valence-corrected chi connectivity index (χ2v) is 7.49. The van der Waals surface area contributed by atoms with E-state index < -0.39 is 14.8 Å². The fourth-order valence-corrected chi connectivity index (χ4v) is 2.07. The molecule has 0 aromatic heterocycles. The molecule has 0 aromatic rings. The molecule has 0 heterocycles. The van der Waals surface area contributed by atoms with Gasteiger partial charge in [0, 0.05) is 11.9 Å². The average Bonchev–Trinajstić information content (AvgIpc) is 1.99. The van der Waals surface area contributed by atoms with Gasteiger partial charge in [0.1, 0.15) is 0 Å². The van der Waals surface area contributed by atoms with Crippen molar-refractivity contribution < 1.29 is 8.42 Å². The molecule has 5 heteroatoms. The van der Waals surface area contributed by atoms with Gasteiger partial charge in [-0.3, -0.25) is 0 Å². The van der Waals surface area contributed by atoms with Crippen LogP contribution in [0.1, 0.15) is 40.5 Å². The number of hydrogen-bond acceptors (Lipinski definition) is 2. The molecule has 0 saturated heterocycles. The molecule has 0 saturated carbocycles. The molecule has 0 fully saturated rings. The molecular weight excluding hydrogens is 222 g/mol. The second kappa shape index (κ2) is 5.33. The summed E-state index contributed by atoms with van der Waals surface area (Å²) in [4.78, 5) is 0. The first-order chi connectivity index (χ1) is 6.20. The van der Waals surface area contributed by atoms with Crippen molar-refractivity contribution in [3.63, 3.8) is 0 Å². The molecule has 3 nitrogen and oxygen atoms in total. The predicted octanol–water partition coefficient (Wildman–Crippen LogP) is 2.11. The van der Waals surface area contributed by atoms with Crippen molar-refractivity contribution in [1.29, 1.82) is 0 Å². The van der Waals surface area contributed by atoms with Crippen LogP contribution in [0.25, 0.3) is 0 Å². The maximum atomic E-state index is 11.6. The van der Waals surface area contributed by atoms with Crippen LogP contribution >= 0.6 is 11.6 Å². The molecule has 0 spiro atoms. The Morgan fingerprint density at radius 2 is 1.86 bits per heavy atom. The topological polar surface area (TPSA) is 46.2 Å². The summed E-state index contributed by atoms with van der Waals surface area (Å²) in [5, 5.41) is -0.114. The molecule has 0 bridgehead atoms. The van der Waals surface area contributed by atoms with Gasteiger partial charge in [0.2, 0.25) is 10.0 Å². The van der Waals surface area contributed by atoms with Crippen LogP contribution in [0.15, 0.2) is 0 Å². The molecule has 0 aliphatic heterocycles. The first-order valence-electron chi connectivity index (χ1n) is 4.84. The van der Waals surface area contributed by atoms with E-state index in [2.05, 4.69) is 4.72 Å². The minimum absolute atomic E-state index is 0.114. The third-order valence-corrected chi connectivity index (χ3v) is 4.43. The zero-order valence-electron chi connectivity index (χ0n) is 9.30. The molecule has 0 aromatic carbocycles. The van der Waals surface area contributed by atoms with Gasteiger partial charge in [0.05, 0.1) is 4.75 Å². The van der Waals surface area contributed by atoms with E-state index in [1.165, 1.54) is 0 Å². The van der Waals surface area contributed by atoms with Crippen molar-refractivity contribution >= 4 is 21.6 Å². The van der Waals surface area contributed by atoms with E-state index >= 15 is 0 Å². The molecule has 1 unspecified atom stereocenters. The molecule has 0 rings (SSSR count). The van der Waals surface area contributed by atoms with Gasteiger partial charge in [-0.15, -0.1) is 11.6 Å². The fourth-order valence-electron chi connectivity index (χ4n) is 0.832. The van der Waals surface area contributed by atoms with E-state index in [0.717, 1.165) is 12.8 Å². The van der Waals surface area contributed by atoms with Gasteiger partial charge in [0.15, 0.2) is 0 Å². The Labute approximate surface area is 92.3 Å². The van der Waals surface area contributed by atoms with Crippen LogP contribution < -0.4 is 4.72 Å². The molecule has 86 valence electrons. The quantitative estimate of drug-likeness (QED) is 0.750. The summed E-state index contributed by atoms with van der Waals surface area (Å²) in [6.07, 6.45) is 1.79. The first kappa shape index (κ1) is 14.2. The zero-order chi connectivity index (χ0) is 11.4. The number of rotatable bonds is 5. The van der Waals surface area contributed by atoms with Crippen molar-refractivity contribution in [2.24, 2.45) is 0 Å². The molecule has 0 aliphatic carbocycles. The third kappa shape index (κ3) is 4.62. The van der Waals surface area contributed by atoms with E-state index in [4.69, 9.17) is 11.6 Å². The van der Waals surface area contributed by atoms with E-state index in [9.17, 15) is 8.42 Å². The average molecular weight is 242 g/mol. The van der Waals surface area contributed by atoms with Gasteiger partial charge < -0.3 is 0 Å². The molecule has 14 heavy (non-hydrogen) atoms. The minimum Gasteiger partial charge on any atom is -0.213 e. The summed E-state index contributed by atoms with van der Waals surface area (Å²) >= 11 is 5.91. The lowest BCUT2D eigenvalue weighted by atomic mass is 10.2. The standard InChI is InChI=1S/C9H20ClNO2S/c1-5-6-8(10)7-11-14(12,13)9(2,3)4/h8,11H,5-7H2,1-4H3. The summed E-state index contributed by atoms with van der Waals surface area (Å²) in [6.45, 7) is 7.33. The van der Waals surface area contributed by atoms with Crippen LogP contribution in [0.3, 0.4) is 0 Å².